The minimum atomic E-state index is -3.05. The fourth-order valence-electron chi connectivity index (χ4n) is 4.62. The van der Waals surface area contributed by atoms with E-state index in [0.717, 1.165) is 42.8 Å². The molecule has 1 aromatic carbocycles. The van der Waals surface area contributed by atoms with Gasteiger partial charge in [0.25, 0.3) is 5.91 Å². The predicted molar refractivity (Wildman–Crippen MR) is 115 cm³/mol. The molecule has 30 heavy (non-hydrogen) atoms. The normalized spacial score (nSPS) is 20.8. The fraction of sp³-hybridized carbons (Fsp3) is 0.409. The maximum Gasteiger partial charge on any atom is 0.274 e. The standard InChI is InChI=1S/C22H24N4O3S/c1-15-23-20-19(26(15)17-9-12-30(28,29)14-17)13-18(16-7-3-2-4-8-16)24-21(20)22(27)25-10-5-6-11-25/h2-4,7-8,13,17H,5-6,9-12,14H2,1H3/t17-/m1/s1. The van der Waals surface area contributed by atoms with Gasteiger partial charge in [0.1, 0.15) is 11.3 Å². The van der Waals surface area contributed by atoms with Crippen LogP contribution in [0.2, 0.25) is 0 Å². The van der Waals surface area contributed by atoms with Gasteiger partial charge >= 0.3 is 0 Å². The van der Waals surface area contributed by atoms with E-state index in [4.69, 9.17) is 9.97 Å². The van der Waals surface area contributed by atoms with Crippen LogP contribution in [-0.2, 0) is 9.84 Å². The highest BCUT2D eigenvalue weighted by Gasteiger charge is 2.33. The van der Waals surface area contributed by atoms with Crippen molar-refractivity contribution in [1.82, 2.24) is 19.4 Å². The van der Waals surface area contributed by atoms with Gasteiger partial charge in [0.2, 0.25) is 0 Å². The molecule has 1 amide bonds. The maximum atomic E-state index is 13.3. The van der Waals surface area contributed by atoms with Gasteiger partial charge in [0, 0.05) is 18.7 Å². The summed E-state index contributed by atoms with van der Waals surface area (Å²) >= 11 is 0. The third kappa shape index (κ3) is 3.29. The maximum absolute atomic E-state index is 13.3. The largest absolute Gasteiger partial charge is 0.337 e. The average Bonchev–Trinajstić information content (AvgIpc) is 3.45. The molecule has 2 fully saturated rings. The van der Waals surface area contributed by atoms with Crippen LogP contribution < -0.4 is 0 Å². The van der Waals surface area contributed by atoms with E-state index >= 15 is 0 Å². The second kappa shape index (κ2) is 7.19. The number of nitrogens with zero attached hydrogens (tertiary/aromatic N) is 4. The zero-order valence-corrected chi connectivity index (χ0v) is 17.7. The SMILES string of the molecule is Cc1nc2c(C(=O)N3CCCC3)nc(-c3ccccc3)cc2n1[C@@H]1CCS(=O)(=O)C1. The summed E-state index contributed by atoms with van der Waals surface area (Å²) in [5.41, 5.74) is 3.32. The summed E-state index contributed by atoms with van der Waals surface area (Å²) in [6.45, 7) is 3.34. The van der Waals surface area contributed by atoms with Gasteiger partial charge in [0.15, 0.2) is 15.5 Å². The molecule has 7 nitrogen and oxygen atoms in total. The van der Waals surface area contributed by atoms with Crippen molar-refractivity contribution in [2.45, 2.75) is 32.2 Å². The number of carbonyl (C=O) groups excluding carboxylic acids is 1. The smallest absolute Gasteiger partial charge is 0.274 e. The first-order valence-corrected chi connectivity index (χ1v) is 12.2. The highest BCUT2D eigenvalue weighted by Crippen LogP contribution is 2.33. The number of aryl methyl sites for hydroxylation is 1. The van der Waals surface area contributed by atoms with Crippen LogP contribution in [0.25, 0.3) is 22.3 Å². The van der Waals surface area contributed by atoms with Crippen LogP contribution in [0, 0.1) is 6.92 Å². The molecule has 8 heteroatoms. The van der Waals surface area contributed by atoms with Crippen LogP contribution in [0.1, 0.15) is 41.6 Å². The molecule has 0 N–H and O–H groups in total. The number of hydrogen-bond donors (Lipinski definition) is 0. The van der Waals surface area contributed by atoms with Crippen LogP contribution in [0.15, 0.2) is 36.4 Å². The lowest BCUT2D eigenvalue weighted by molar-refractivity contribution is 0.0789. The summed E-state index contributed by atoms with van der Waals surface area (Å²) in [5, 5.41) is 0. The molecule has 156 valence electrons. The zero-order chi connectivity index (χ0) is 20.9. The number of aromatic nitrogens is 3. The van der Waals surface area contributed by atoms with E-state index in [0.29, 0.717) is 23.3 Å². The molecule has 5 rings (SSSR count). The number of sulfone groups is 1. The molecule has 1 atom stereocenters. The zero-order valence-electron chi connectivity index (χ0n) is 16.9. The molecule has 3 aromatic rings. The van der Waals surface area contributed by atoms with Crippen molar-refractivity contribution >= 4 is 26.8 Å². The Bertz CT molecular complexity index is 1230. The number of imidazole rings is 1. The van der Waals surface area contributed by atoms with Crippen LogP contribution in [0.5, 0.6) is 0 Å². The number of likely N-dealkylation sites (tertiary alicyclic amines) is 1. The van der Waals surface area contributed by atoms with Gasteiger partial charge in [-0.25, -0.2) is 18.4 Å². The van der Waals surface area contributed by atoms with Gasteiger partial charge in [-0.1, -0.05) is 30.3 Å². The van der Waals surface area contributed by atoms with E-state index in [-0.39, 0.29) is 23.5 Å². The first-order chi connectivity index (χ1) is 14.4. The second-order valence-corrected chi connectivity index (χ2v) is 10.4. The number of amides is 1. The molecule has 4 heterocycles. The third-order valence-electron chi connectivity index (χ3n) is 6.09. The topological polar surface area (TPSA) is 85.2 Å². The number of fused-ring (bicyclic) bond motifs is 1. The second-order valence-electron chi connectivity index (χ2n) is 8.18. The highest BCUT2D eigenvalue weighted by molar-refractivity contribution is 7.91. The molecule has 2 saturated heterocycles. The number of carbonyl (C=O) groups is 1. The summed E-state index contributed by atoms with van der Waals surface area (Å²) in [5.74, 6) is 0.915. The molecule has 2 aromatic heterocycles. The van der Waals surface area contributed by atoms with Crippen molar-refractivity contribution in [3.05, 3.63) is 47.9 Å². The Morgan fingerprint density at radius 1 is 1.10 bits per heavy atom. The van der Waals surface area contributed by atoms with E-state index in [1.54, 1.807) is 0 Å². The average molecular weight is 425 g/mol. The van der Waals surface area contributed by atoms with Gasteiger partial charge in [0.05, 0.1) is 28.8 Å². The molecule has 0 radical (unpaired) electrons. The highest BCUT2D eigenvalue weighted by atomic mass is 32.2. The molecular weight excluding hydrogens is 400 g/mol. The Kier molecular flexibility index (Phi) is 4.61. The van der Waals surface area contributed by atoms with E-state index in [1.807, 2.05) is 52.8 Å². The Labute approximate surface area is 175 Å². The van der Waals surface area contributed by atoms with Crippen LogP contribution in [0.4, 0.5) is 0 Å². The molecule has 0 aliphatic carbocycles. The van der Waals surface area contributed by atoms with Crippen molar-refractivity contribution in [3.63, 3.8) is 0 Å². The Balaban J connectivity index is 1.72. The molecule has 2 aliphatic heterocycles. The number of benzene rings is 1. The number of hydrogen-bond acceptors (Lipinski definition) is 5. The van der Waals surface area contributed by atoms with Crippen LogP contribution in [0.3, 0.4) is 0 Å². The summed E-state index contributed by atoms with van der Waals surface area (Å²) in [6.07, 6.45) is 2.56. The molecule has 2 aliphatic rings. The van der Waals surface area contributed by atoms with Gasteiger partial charge in [-0.15, -0.1) is 0 Å². The monoisotopic (exact) mass is 424 g/mol. The van der Waals surface area contributed by atoms with Crippen LogP contribution in [-0.4, -0.2) is 58.4 Å². The summed E-state index contributed by atoms with van der Waals surface area (Å²) in [4.78, 5) is 24.6. The summed E-state index contributed by atoms with van der Waals surface area (Å²) in [7, 11) is -3.05. The Morgan fingerprint density at radius 3 is 2.50 bits per heavy atom. The third-order valence-corrected chi connectivity index (χ3v) is 7.84. The minimum Gasteiger partial charge on any atom is -0.337 e. The van der Waals surface area contributed by atoms with Gasteiger partial charge in [-0.05, 0) is 32.3 Å². The molecule has 0 bridgehead atoms. The first-order valence-electron chi connectivity index (χ1n) is 10.4. The number of rotatable bonds is 3. The molecule has 0 unspecified atom stereocenters. The van der Waals surface area contributed by atoms with E-state index < -0.39 is 9.84 Å². The first kappa shape index (κ1) is 19.2. The summed E-state index contributed by atoms with van der Waals surface area (Å²) in [6, 6.07) is 11.5. The number of pyridine rings is 1. The Morgan fingerprint density at radius 2 is 1.83 bits per heavy atom. The summed E-state index contributed by atoms with van der Waals surface area (Å²) < 4.78 is 26.2. The molecule has 0 saturated carbocycles. The minimum absolute atomic E-state index is 0.0982. The lowest BCUT2D eigenvalue weighted by Crippen LogP contribution is -2.28. The van der Waals surface area contributed by atoms with E-state index in [9.17, 15) is 13.2 Å². The van der Waals surface area contributed by atoms with E-state index in [1.165, 1.54) is 0 Å². The van der Waals surface area contributed by atoms with Crippen molar-refractivity contribution in [1.29, 1.82) is 0 Å². The van der Waals surface area contributed by atoms with Crippen molar-refractivity contribution in [3.8, 4) is 11.3 Å². The van der Waals surface area contributed by atoms with E-state index in [2.05, 4.69) is 0 Å². The lowest BCUT2D eigenvalue weighted by atomic mass is 10.1. The lowest BCUT2D eigenvalue weighted by Gasteiger charge is -2.17. The van der Waals surface area contributed by atoms with Gasteiger partial charge < -0.3 is 9.47 Å². The predicted octanol–water partition coefficient (Wildman–Crippen LogP) is 3.00. The van der Waals surface area contributed by atoms with Crippen molar-refractivity contribution in [2.24, 2.45) is 0 Å². The molecular formula is C22H24N4O3S. The fourth-order valence-corrected chi connectivity index (χ4v) is 6.32. The molecule has 0 spiro atoms. The Hall–Kier alpha value is -2.74. The van der Waals surface area contributed by atoms with Gasteiger partial charge in [-0.3, -0.25) is 4.79 Å². The van der Waals surface area contributed by atoms with Crippen molar-refractivity contribution < 1.29 is 13.2 Å². The quantitative estimate of drug-likeness (QED) is 0.645. The van der Waals surface area contributed by atoms with Gasteiger partial charge in [-0.2, -0.15) is 0 Å². The van der Waals surface area contributed by atoms with Crippen LogP contribution >= 0.6 is 0 Å². The van der Waals surface area contributed by atoms with Crippen molar-refractivity contribution in [2.75, 3.05) is 24.6 Å².